The highest BCUT2D eigenvalue weighted by Gasteiger charge is 2.18. The maximum Gasteiger partial charge on any atom is 0.265 e. The van der Waals surface area contributed by atoms with Crippen LogP contribution in [0.15, 0.2) is 48.5 Å². The van der Waals surface area contributed by atoms with E-state index in [1.807, 2.05) is 24.3 Å². The molecule has 2 N–H and O–H groups in total. The molecule has 6 nitrogen and oxygen atoms in total. The average molecular weight is 384 g/mol. The SMILES string of the molecule is CCc1ccc(OC(C)C(=O)Nc2ccccc2C(=O)NCCCOC)cc1. The molecule has 1 unspecified atom stereocenters. The van der Waals surface area contributed by atoms with Crippen LogP contribution in [0, 0.1) is 0 Å². The molecule has 2 aromatic carbocycles. The van der Waals surface area contributed by atoms with Gasteiger partial charge in [-0.15, -0.1) is 0 Å². The second-order valence-electron chi connectivity index (χ2n) is 6.39. The average Bonchev–Trinajstić information content (AvgIpc) is 2.72. The van der Waals surface area contributed by atoms with E-state index in [1.165, 1.54) is 5.56 Å². The smallest absolute Gasteiger partial charge is 0.265 e. The Morgan fingerprint density at radius 1 is 1.07 bits per heavy atom. The Kier molecular flexibility index (Phi) is 8.49. The van der Waals surface area contributed by atoms with E-state index in [4.69, 9.17) is 9.47 Å². The summed E-state index contributed by atoms with van der Waals surface area (Å²) < 4.78 is 10.7. The molecule has 0 spiro atoms. The van der Waals surface area contributed by atoms with Crippen LogP contribution in [0.2, 0.25) is 0 Å². The van der Waals surface area contributed by atoms with Crippen LogP contribution in [-0.2, 0) is 16.0 Å². The van der Waals surface area contributed by atoms with Gasteiger partial charge < -0.3 is 20.1 Å². The van der Waals surface area contributed by atoms with Crippen LogP contribution in [0.3, 0.4) is 0 Å². The Hall–Kier alpha value is -2.86. The summed E-state index contributed by atoms with van der Waals surface area (Å²) in [6.07, 6.45) is 0.962. The number of carbonyl (C=O) groups is 2. The highest BCUT2D eigenvalue weighted by Crippen LogP contribution is 2.18. The third-order valence-corrected chi connectivity index (χ3v) is 4.25. The Labute approximate surface area is 166 Å². The van der Waals surface area contributed by atoms with Crippen LogP contribution in [0.4, 0.5) is 5.69 Å². The predicted octanol–water partition coefficient (Wildman–Crippen LogP) is 3.42. The standard InChI is InChI=1S/C22H28N2O4/c1-4-17-10-12-18(13-11-17)28-16(2)21(25)24-20-9-6-5-8-19(20)22(26)23-14-7-15-27-3/h5-6,8-13,16H,4,7,14-15H2,1-3H3,(H,23,26)(H,24,25). The first-order chi connectivity index (χ1) is 13.5. The van der Waals surface area contributed by atoms with Gasteiger partial charge in [0.1, 0.15) is 5.75 Å². The third-order valence-electron chi connectivity index (χ3n) is 4.25. The maximum absolute atomic E-state index is 12.5. The Morgan fingerprint density at radius 3 is 2.46 bits per heavy atom. The van der Waals surface area contributed by atoms with Gasteiger partial charge in [-0.25, -0.2) is 0 Å². The lowest BCUT2D eigenvalue weighted by Crippen LogP contribution is -2.32. The number of nitrogens with one attached hydrogen (secondary N) is 2. The molecule has 2 rings (SSSR count). The van der Waals surface area contributed by atoms with E-state index in [0.717, 1.165) is 12.8 Å². The molecule has 6 heteroatoms. The molecule has 150 valence electrons. The largest absolute Gasteiger partial charge is 0.481 e. The van der Waals surface area contributed by atoms with Crippen LogP contribution in [0.1, 0.15) is 36.2 Å². The fraction of sp³-hybridized carbons (Fsp3) is 0.364. The molecule has 0 bridgehead atoms. The molecular formula is C22H28N2O4. The van der Waals surface area contributed by atoms with Gasteiger partial charge in [0, 0.05) is 20.3 Å². The number of aryl methyl sites for hydroxylation is 1. The zero-order valence-corrected chi connectivity index (χ0v) is 16.7. The van der Waals surface area contributed by atoms with Crippen molar-refractivity contribution in [1.29, 1.82) is 0 Å². The quantitative estimate of drug-likeness (QED) is 0.616. The van der Waals surface area contributed by atoms with E-state index in [9.17, 15) is 9.59 Å². The van der Waals surface area contributed by atoms with Crippen molar-refractivity contribution < 1.29 is 19.1 Å². The van der Waals surface area contributed by atoms with Gasteiger partial charge in [0.25, 0.3) is 11.8 Å². The summed E-state index contributed by atoms with van der Waals surface area (Å²) in [6.45, 7) is 4.84. The van der Waals surface area contributed by atoms with Gasteiger partial charge in [-0.05, 0) is 49.6 Å². The molecule has 0 aromatic heterocycles. The maximum atomic E-state index is 12.5. The minimum atomic E-state index is -0.703. The molecular weight excluding hydrogens is 356 g/mol. The summed E-state index contributed by atoms with van der Waals surface area (Å²) in [4.78, 5) is 24.9. The number of amides is 2. The number of ether oxygens (including phenoxy) is 2. The summed E-state index contributed by atoms with van der Waals surface area (Å²) in [5, 5.41) is 5.61. The van der Waals surface area contributed by atoms with Crippen LogP contribution < -0.4 is 15.4 Å². The number of methoxy groups -OCH3 is 1. The zero-order chi connectivity index (χ0) is 20.4. The molecule has 2 amide bonds. The first-order valence-electron chi connectivity index (χ1n) is 9.47. The lowest BCUT2D eigenvalue weighted by molar-refractivity contribution is -0.122. The van der Waals surface area contributed by atoms with Crippen LogP contribution in [0.25, 0.3) is 0 Å². The molecule has 1 atom stereocenters. The van der Waals surface area contributed by atoms with E-state index in [0.29, 0.717) is 30.2 Å². The minimum Gasteiger partial charge on any atom is -0.481 e. The number of anilines is 1. The van der Waals surface area contributed by atoms with Crippen molar-refractivity contribution in [1.82, 2.24) is 5.32 Å². The predicted molar refractivity (Wildman–Crippen MR) is 110 cm³/mol. The van der Waals surface area contributed by atoms with E-state index < -0.39 is 6.10 Å². The fourth-order valence-corrected chi connectivity index (χ4v) is 2.60. The first kappa shape index (κ1) is 21.4. The van der Waals surface area contributed by atoms with Crippen molar-refractivity contribution in [3.05, 3.63) is 59.7 Å². The Balaban J connectivity index is 1.97. The van der Waals surface area contributed by atoms with Gasteiger partial charge in [-0.1, -0.05) is 31.2 Å². The second kappa shape index (κ2) is 11.1. The zero-order valence-electron chi connectivity index (χ0n) is 16.7. The summed E-state index contributed by atoms with van der Waals surface area (Å²) in [6, 6.07) is 14.6. The van der Waals surface area contributed by atoms with Crippen molar-refractivity contribution in [3.8, 4) is 5.75 Å². The van der Waals surface area contributed by atoms with Gasteiger partial charge in [-0.3, -0.25) is 9.59 Å². The van der Waals surface area contributed by atoms with Gasteiger partial charge in [-0.2, -0.15) is 0 Å². The first-order valence-corrected chi connectivity index (χ1v) is 9.47. The third kappa shape index (κ3) is 6.39. The number of carbonyl (C=O) groups excluding carboxylic acids is 2. The van der Waals surface area contributed by atoms with Crippen molar-refractivity contribution >= 4 is 17.5 Å². The van der Waals surface area contributed by atoms with E-state index in [1.54, 1.807) is 38.3 Å². The van der Waals surface area contributed by atoms with Gasteiger partial charge in [0.15, 0.2) is 6.10 Å². The van der Waals surface area contributed by atoms with Crippen molar-refractivity contribution in [3.63, 3.8) is 0 Å². The summed E-state index contributed by atoms with van der Waals surface area (Å²) in [5.41, 5.74) is 2.07. The summed E-state index contributed by atoms with van der Waals surface area (Å²) in [7, 11) is 1.62. The lowest BCUT2D eigenvalue weighted by atomic mass is 10.1. The molecule has 2 aromatic rings. The monoisotopic (exact) mass is 384 g/mol. The topological polar surface area (TPSA) is 76.7 Å². The summed E-state index contributed by atoms with van der Waals surface area (Å²) in [5.74, 6) is 0.0685. The van der Waals surface area contributed by atoms with Crippen LogP contribution in [-0.4, -0.2) is 38.2 Å². The molecule has 0 aliphatic carbocycles. The normalized spacial score (nSPS) is 11.5. The number of para-hydroxylation sites is 1. The summed E-state index contributed by atoms with van der Waals surface area (Å²) >= 11 is 0. The van der Waals surface area contributed by atoms with Gasteiger partial charge >= 0.3 is 0 Å². The molecule has 28 heavy (non-hydrogen) atoms. The van der Waals surface area contributed by atoms with E-state index in [-0.39, 0.29) is 11.8 Å². The molecule has 0 saturated heterocycles. The number of hydrogen-bond donors (Lipinski definition) is 2. The second-order valence-corrected chi connectivity index (χ2v) is 6.39. The van der Waals surface area contributed by atoms with E-state index >= 15 is 0 Å². The minimum absolute atomic E-state index is 0.240. The fourth-order valence-electron chi connectivity index (χ4n) is 2.60. The molecule has 0 fully saturated rings. The van der Waals surface area contributed by atoms with E-state index in [2.05, 4.69) is 17.6 Å². The van der Waals surface area contributed by atoms with Gasteiger partial charge in [0.05, 0.1) is 11.3 Å². The molecule has 0 radical (unpaired) electrons. The highest BCUT2D eigenvalue weighted by molar-refractivity contribution is 6.04. The number of hydrogen-bond acceptors (Lipinski definition) is 4. The molecule has 0 heterocycles. The Bertz CT molecular complexity index is 774. The molecule has 0 aliphatic rings. The van der Waals surface area contributed by atoms with Crippen molar-refractivity contribution in [2.24, 2.45) is 0 Å². The van der Waals surface area contributed by atoms with Crippen molar-refractivity contribution in [2.45, 2.75) is 32.8 Å². The Morgan fingerprint density at radius 2 is 1.79 bits per heavy atom. The lowest BCUT2D eigenvalue weighted by Gasteiger charge is -2.16. The van der Waals surface area contributed by atoms with Crippen LogP contribution in [0.5, 0.6) is 5.75 Å². The highest BCUT2D eigenvalue weighted by atomic mass is 16.5. The van der Waals surface area contributed by atoms with Gasteiger partial charge in [0.2, 0.25) is 0 Å². The molecule has 0 aliphatic heterocycles. The molecule has 0 saturated carbocycles. The van der Waals surface area contributed by atoms with Crippen molar-refractivity contribution in [2.75, 3.05) is 25.6 Å². The number of rotatable bonds is 10. The number of benzene rings is 2. The van der Waals surface area contributed by atoms with Crippen LogP contribution >= 0.6 is 0 Å².